The fourth-order valence-electron chi connectivity index (χ4n) is 1.17. The highest BCUT2D eigenvalue weighted by Gasteiger charge is 2.10. The Morgan fingerprint density at radius 3 is 2.88 bits per heavy atom. The molecule has 1 amide bonds. The van der Waals surface area contributed by atoms with E-state index in [-0.39, 0.29) is 5.69 Å². The van der Waals surface area contributed by atoms with Gasteiger partial charge in [0.15, 0.2) is 0 Å². The lowest BCUT2D eigenvalue weighted by Gasteiger charge is -2.07. The first kappa shape index (κ1) is 13.3. The number of hydrogen-bond donors (Lipinski definition) is 2. The average Bonchev–Trinajstić information content (AvgIpc) is 2.33. The largest absolute Gasteiger partial charge is 0.370 e. The van der Waals surface area contributed by atoms with Crippen LogP contribution in [0, 0.1) is 0 Å². The Morgan fingerprint density at radius 2 is 2.24 bits per heavy atom. The van der Waals surface area contributed by atoms with Crippen LogP contribution in [0.4, 0.5) is 14.6 Å². The van der Waals surface area contributed by atoms with Crippen LogP contribution in [0.15, 0.2) is 18.2 Å². The van der Waals surface area contributed by atoms with Crippen LogP contribution in [0.2, 0.25) is 0 Å². The van der Waals surface area contributed by atoms with Crippen molar-refractivity contribution in [1.82, 2.24) is 10.3 Å². The van der Waals surface area contributed by atoms with Crippen LogP contribution in [-0.4, -0.2) is 30.4 Å². The van der Waals surface area contributed by atoms with E-state index >= 15 is 0 Å². The monoisotopic (exact) mass is 243 g/mol. The highest BCUT2D eigenvalue weighted by molar-refractivity contribution is 5.92. The number of amides is 1. The van der Waals surface area contributed by atoms with Gasteiger partial charge in [0, 0.05) is 6.54 Å². The van der Waals surface area contributed by atoms with Gasteiger partial charge in [-0.3, -0.25) is 4.79 Å². The molecule has 0 spiro atoms. The molecule has 17 heavy (non-hydrogen) atoms. The molecule has 94 valence electrons. The fraction of sp³-hybridized carbons (Fsp3) is 0.455. The zero-order valence-corrected chi connectivity index (χ0v) is 9.54. The van der Waals surface area contributed by atoms with Gasteiger partial charge in [-0.25, -0.2) is 13.8 Å². The number of hydrogen-bond acceptors (Lipinski definition) is 3. The van der Waals surface area contributed by atoms with Crippen LogP contribution < -0.4 is 10.6 Å². The van der Waals surface area contributed by atoms with Gasteiger partial charge in [-0.05, 0) is 18.6 Å². The van der Waals surface area contributed by atoms with E-state index in [4.69, 9.17) is 0 Å². The Morgan fingerprint density at radius 1 is 1.47 bits per heavy atom. The minimum atomic E-state index is -2.56. The summed E-state index contributed by atoms with van der Waals surface area (Å²) in [7, 11) is 0. The second kappa shape index (κ2) is 6.78. The van der Waals surface area contributed by atoms with Crippen molar-refractivity contribution in [1.29, 1.82) is 0 Å². The molecule has 1 heterocycles. The smallest absolute Gasteiger partial charge is 0.270 e. The van der Waals surface area contributed by atoms with Crippen LogP contribution in [0.1, 0.15) is 23.8 Å². The number of anilines is 1. The number of rotatable bonds is 6. The summed E-state index contributed by atoms with van der Waals surface area (Å²) < 4.78 is 23.8. The number of carbonyl (C=O) groups excluding carboxylic acids is 1. The number of pyridine rings is 1. The maximum atomic E-state index is 11.9. The molecule has 0 aliphatic rings. The molecule has 0 radical (unpaired) electrons. The second-order valence-electron chi connectivity index (χ2n) is 3.44. The van der Waals surface area contributed by atoms with Crippen LogP contribution in [-0.2, 0) is 0 Å². The van der Waals surface area contributed by atoms with Crippen molar-refractivity contribution >= 4 is 11.7 Å². The summed E-state index contributed by atoms with van der Waals surface area (Å²) in [6, 6.07) is 4.86. The molecule has 0 atom stereocenters. The molecule has 0 aliphatic carbocycles. The van der Waals surface area contributed by atoms with Crippen molar-refractivity contribution < 1.29 is 13.6 Å². The molecule has 0 unspecified atom stereocenters. The molecular weight excluding hydrogens is 228 g/mol. The first-order valence-electron chi connectivity index (χ1n) is 5.40. The maximum Gasteiger partial charge on any atom is 0.270 e. The summed E-state index contributed by atoms with van der Waals surface area (Å²) in [6.45, 7) is 2.09. The molecular formula is C11H15F2N3O. The minimum absolute atomic E-state index is 0.131. The molecule has 0 bridgehead atoms. The lowest BCUT2D eigenvalue weighted by Crippen LogP contribution is -2.29. The lowest BCUT2D eigenvalue weighted by molar-refractivity contribution is 0.0887. The summed E-state index contributed by atoms with van der Waals surface area (Å²) in [4.78, 5) is 15.5. The first-order valence-corrected chi connectivity index (χ1v) is 5.40. The van der Waals surface area contributed by atoms with Crippen LogP contribution in [0.25, 0.3) is 0 Å². The molecule has 0 saturated carbocycles. The summed E-state index contributed by atoms with van der Waals surface area (Å²) in [5.41, 5.74) is 0.131. The van der Waals surface area contributed by atoms with Gasteiger partial charge in [0.2, 0.25) is 0 Å². The number of nitrogens with zero attached hydrogens (tertiary/aromatic N) is 1. The van der Waals surface area contributed by atoms with Crippen molar-refractivity contribution in [2.24, 2.45) is 0 Å². The third-order valence-electron chi connectivity index (χ3n) is 1.95. The molecule has 4 nitrogen and oxygen atoms in total. The van der Waals surface area contributed by atoms with Crippen molar-refractivity contribution in [3.63, 3.8) is 0 Å². The minimum Gasteiger partial charge on any atom is -0.370 e. The normalized spacial score (nSPS) is 10.4. The van der Waals surface area contributed by atoms with Gasteiger partial charge in [-0.1, -0.05) is 13.0 Å². The van der Waals surface area contributed by atoms with E-state index in [0.717, 1.165) is 13.0 Å². The number of carbonyl (C=O) groups is 1. The van der Waals surface area contributed by atoms with Crippen molar-refractivity contribution in [3.05, 3.63) is 23.9 Å². The summed E-state index contributed by atoms with van der Waals surface area (Å²) in [5, 5.41) is 5.12. The Kier molecular flexibility index (Phi) is 5.32. The van der Waals surface area contributed by atoms with Gasteiger partial charge < -0.3 is 10.6 Å². The molecule has 1 aromatic rings. The van der Waals surface area contributed by atoms with Crippen LogP contribution in [0.3, 0.4) is 0 Å². The first-order chi connectivity index (χ1) is 8.13. The standard InChI is InChI=1S/C11H15F2N3O/c1-2-6-14-10-5-3-4-8(16-10)11(17)15-7-9(12)13/h3-5,9H,2,6-7H2,1H3,(H,14,16)(H,15,17). The van der Waals surface area contributed by atoms with Gasteiger partial charge in [-0.2, -0.15) is 0 Å². The molecule has 1 rings (SSSR count). The highest BCUT2D eigenvalue weighted by atomic mass is 19.3. The van der Waals surface area contributed by atoms with Gasteiger partial charge in [0.25, 0.3) is 12.3 Å². The highest BCUT2D eigenvalue weighted by Crippen LogP contribution is 2.05. The van der Waals surface area contributed by atoms with E-state index in [1.165, 1.54) is 6.07 Å². The van der Waals surface area contributed by atoms with E-state index in [1.54, 1.807) is 12.1 Å². The zero-order chi connectivity index (χ0) is 12.7. The molecule has 0 aromatic carbocycles. The van der Waals surface area contributed by atoms with E-state index < -0.39 is 18.9 Å². The topological polar surface area (TPSA) is 54.0 Å². The average molecular weight is 243 g/mol. The van der Waals surface area contributed by atoms with Crippen LogP contribution >= 0.6 is 0 Å². The van der Waals surface area contributed by atoms with E-state index in [9.17, 15) is 13.6 Å². The van der Waals surface area contributed by atoms with Gasteiger partial charge >= 0.3 is 0 Å². The number of nitrogens with one attached hydrogen (secondary N) is 2. The molecule has 2 N–H and O–H groups in total. The number of aromatic nitrogens is 1. The zero-order valence-electron chi connectivity index (χ0n) is 9.54. The van der Waals surface area contributed by atoms with Gasteiger partial charge in [-0.15, -0.1) is 0 Å². The Balaban J connectivity index is 2.60. The number of alkyl halides is 2. The predicted octanol–water partition coefficient (Wildman–Crippen LogP) is 1.90. The Hall–Kier alpha value is -1.72. The van der Waals surface area contributed by atoms with E-state index in [1.807, 2.05) is 6.92 Å². The van der Waals surface area contributed by atoms with Crippen molar-refractivity contribution in [3.8, 4) is 0 Å². The van der Waals surface area contributed by atoms with Crippen molar-refractivity contribution in [2.75, 3.05) is 18.4 Å². The Labute approximate surface area is 98.4 Å². The van der Waals surface area contributed by atoms with Gasteiger partial charge in [0.05, 0.1) is 6.54 Å². The quantitative estimate of drug-likeness (QED) is 0.802. The molecule has 1 aromatic heterocycles. The lowest BCUT2D eigenvalue weighted by atomic mass is 10.3. The molecule has 6 heteroatoms. The SMILES string of the molecule is CCCNc1cccc(C(=O)NCC(F)F)n1. The summed E-state index contributed by atoms with van der Waals surface area (Å²) in [6.07, 6.45) is -1.62. The second-order valence-corrected chi connectivity index (χ2v) is 3.44. The molecule has 0 aliphatic heterocycles. The van der Waals surface area contributed by atoms with Crippen LogP contribution in [0.5, 0.6) is 0 Å². The summed E-state index contributed by atoms with van der Waals surface area (Å²) in [5.74, 6) is -0.0259. The summed E-state index contributed by atoms with van der Waals surface area (Å²) >= 11 is 0. The van der Waals surface area contributed by atoms with E-state index in [2.05, 4.69) is 15.6 Å². The number of halogens is 2. The Bertz CT molecular complexity index is 371. The third-order valence-corrected chi connectivity index (χ3v) is 1.95. The van der Waals surface area contributed by atoms with Gasteiger partial charge in [0.1, 0.15) is 11.5 Å². The predicted molar refractivity (Wildman–Crippen MR) is 61.4 cm³/mol. The maximum absolute atomic E-state index is 11.9. The third kappa shape index (κ3) is 4.76. The fourth-order valence-corrected chi connectivity index (χ4v) is 1.17. The molecule has 0 saturated heterocycles. The van der Waals surface area contributed by atoms with E-state index in [0.29, 0.717) is 5.82 Å². The van der Waals surface area contributed by atoms with Crippen molar-refractivity contribution in [2.45, 2.75) is 19.8 Å². The molecule has 0 fully saturated rings.